The number of nitrogens with zero attached hydrogens (tertiary/aromatic N) is 4. The van der Waals surface area contributed by atoms with Crippen molar-refractivity contribution < 1.29 is 9.53 Å². The lowest BCUT2D eigenvalue weighted by Crippen LogP contribution is -2.25. The molecule has 1 N–H and O–H groups in total. The lowest BCUT2D eigenvalue weighted by atomic mass is 10.1. The monoisotopic (exact) mass is 455 g/mol. The summed E-state index contributed by atoms with van der Waals surface area (Å²) in [6.07, 6.45) is 3.53. The zero-order valence-corrected chi connectivity index (χ0v) is 19.0. The molecule has 0 spiro atoms. The third kappa shape index (κ3) is 4.33. The average Bonchev–Trinajstić information content (AvgIpc) is 3.22. The molecule has 3 heterocycles. The molecule has 164 valence electrons. The van der Waals surface area contributed by atoms with Gasteiger partial charge in [0.05, 0.1) is 22.8 Å². The zero-order chi connectivity index (χ0) is 22.8. The van der Waals surface area contributed by atoms with Crippen LogP contribution in [-0.2, 0) is 4.79 Å². The van der Waals surface area contributed by atoms with Crippen LogP contribution in [0, 0.1) is 6.92 Å². The summed E-state index contributed by atoms with van der Waals surface area (Å²) in [5.74, 6) is 0.485. The van der Waals surface area contributed by atoms with Gasteiger partial charge in [-0.3, -0.25) is 9.78 Å². The Balaban J connectivity index is 1.68. The highest BCUT2D eigenvalue weighted by Crippen LogP contribution is 2.33. The number of hydrogen-bond acceptors (Lipinski definition) is 6. The lowest BCUT2D eigenvalue weighted by Gasteiger charge is -2.18. The van der Waals surface area contributed by atoms with Gasteiger partial charge in [0.25, 0.3) is 5.91 Å². The number of thiazole rings is 1. The molecule has 0 unspecified atom stereocenters. The van der Waals surface area contributed by atoms with E-state index in [-0.39, 0.29) is 12.5 Å². The van der Waals surface area contributed by atoms with Gasteiger partial charge < -0.3 is 10.1 Å². The number of anilines is 1. The number of rotatable bonds is 4. The van der Waals surface area contributed by atoms with Crippen molar-refractivity contribution in [2.24, 2.45) is 10.1 Å². The maximum absolute atomic E-state index is 11.8. The van der Waals surface area contributed by atoms with Crippen LogP contribution in [0.15, 0.2) is 82.5 Å². The largest absolute Gasteiger partial charge is 0.482 e. The smallest absolute Gasteiger partial charge is 0.262 e. The fourth-order valence-corrected chi connectivity index (χ4v) is 4.33. The van der Waals surface area contributed by atoms with Crippen LogP contribution in [0.1, 0.15) is 18.1 Å². The van der Waals surface area contributed by atoms with Crippen molar-refractivity contribution in [3.05, 3.63) is 88.3 Å². The molecule has 8 heteroatoms. The molecule has 4 aromatic rings. The highest BCUT2D eigenvalue weighted by molar-refractivity contribution is 7.07. The Morgan fingerprint density at radius 2 is 2.06 bits per heavy atom. The minimum atomic E-state index is -0.168. The number of aryl methyl sites for hydroxylation is 1. The molecule has 1 amide bonds. The van der Waals surface area contributed by atoms with Crippen LogP contribution in [0.25, 0.3) is 11.3 Å². The molecule has 5 rings (SSSR count). The Bertz CT molecular complexity index is 1440. The van der Waals surface area contributed by atoms with E-state index in [1.54, 1.807) is 12.4 Å². The number of carbonyl (C=O) groups is 1. The molecular formula is C25H21N5O2S. The van der Waals surface area contributed by atoms with Gasteiger partial charge in [0.1, 0.15) is 5.75 Å². The van der Waals surface area contributed by atoms with Gasteiger partial charge in [-0.1, -0.05) is 24.3 Å². The first-order chi connectivity index (χ1) is 16.1. The van der Waals surface area contributed by atoms with E-state index in [0.29, 0.717) is 11.4 Å². The standard InChI is InChI=1S/C25H21N5O2S/c1-16-6-3-4-8-20(16)28-25-30(29-17(2)19-7-5-11-26-13-19)22(15-33-25)18-9-10-23-21(12-18)27-24(31)14-32-23/h3-13,15H,14H2,1-2H3,(H,27,31). The Labute approximate surface area is 194 Å². The maximum Gasteiger partial charge on any atom is 0.262 e. The maximum atomic E-state index is 11.8. The molecule has 0 radical (unpaired) electrons. The van der Waals surface area contributed by atoms with E-state index in [4.69, 9.17) is 14.8 Å². The molecule has 2 aromatic carbocycles. The van der Waals surface area contributed by atoms with Gasteiger partial charge in [-0.05, 0) is 49.7 Å². The predicted molar refractivity (Wildman–Crippen MR) is 130 cm³/mol. The van der Waals surface area contributed by atoms with Crippen LogP contribution in [-0.4, -0.2) is 27.9 Å². The molecule has 0 fully saturated rings. The van der Waals surface area contributed by atoms with Crippen LogP contribution in [0.3, 0.4) is 0 Å². The molecule has 33 heavy (non-hydrogen) atoms. The second-order valence-corrected chi connectivity index (χ2v) is 8.43. The predicted octanol–water partition coefficient (Wildman–Crippen LogP) is 4.76. The topological polar surface area (TPSA) is 80.9 Å². The van der Waals surface area contributed by atoms with Crippen molar-refractivity contribution in [3.63, 3.8) is 0 Å². The number of carbonyl (C=O) groups excluding carboxylic acids is 1. The van der Waals surface area contributed by atoms with E-state index in [1.165, 1.54) is 11.3 Å². The van der Waals surface area contributed by atoms with Gasteiger partial charge >= 0.3 is 0 Å². The van der Waals surface area contributed by atoms with Crippen molar-refractivity contribution in [2.45, 2.75) is 13.8 Å². The number of benzene rings is 2. The molecule has 0 aliphatic carbocycles. The van der Waals surface area contributed by atoms with Crippen LogP contribution in [0.2, 0.25) is 0 Å². The van der Waals surface area contributed by atoms with Crippen molar-refractivity contribution in [3.8, 4) is 17.0 Å². The second kappa shape index (κ2) is 8.84. The highest BCUT2D eigenvalue weighted by atomic mass is 32.1. The lowest BCUT2D eigenvalue weighted by molar-refractivity contribution is -0.118. The van der Waals surface area contributed by atoms with Gasteiger partial charge in [0, 0.05) is 28.9 Å². The second-order valence-electron chi connectivity index (χ2n) is 7.59. The summed E-state index contributed by atoms with van der Waals surface area (Å²) in [5.41, 5.74) is 6.11. The number of para-hydroxylation sites is 1. The van der Waals surface area contributed by atoms with Crippen LogP contribution in [0.4, 0.5) is 11.4 Å². The number of aromatic nitrogens is 2. The van der Waals surface area contributed by atoms with Crippen molar-refractivity contribution >= 4 is 34.3 Å². The molecular weight excluding hydrogens is 434 g/mol. The summed E-state index contributed by atoms with van der Waals surface area (Å²) in [6.45, 7) is 4.01. The number of amides is 1. The van der Waals surface area contributed by atoms with Crippen molar-refractivity contribution in [2.75, 3.05) is 11.9 Å². The highest BCUT2D eigenvalue weighted by Gasteiger charge is 2.18. The summed E-state index contributed by atoms with van der Waals surface area (Å²) in [5, 5.41) is 9.80. The fraction of sp³-hybridized carbons (Fsp3) is 0.120. The van der Waals surface area contributed by atoms with E-state index in [9.17, 15) is 4.79 Å². The van der Waals surface area contributed by atoms with Crippen LogP contribution in [0.5, 0.6) is 5.75 Å². The number of hydrogen-bond donors (Lipinski definition) is 1. The summed E-state index contributed by atoms with van der Waals surface area (Å²) in [7, 11) is 0. The summed E-state index contributed by atoms with van der Waals surface area (Å²) >= 11 is 1.50. The Morgan fingerprint density at radius 3 is 2.88 bits per heavy atom. The molecule has 1 aliphatic heterocycles. The molecule has 0 bridgehead atoms. The first-order valence-electron chi connectivity index (χ1n) is 10.4. The normalized spacial score (nSPS) is 13.9. The SMILES string of the molecule is CC(=Nn1c(-c2ccc3c(c2)NC(=O)CO3)csc1=Nc1ccccc1C)c1cccnc1. The molecule has 7 nitrogen and oxygen atoms in total. The minimum Gasteiger partial charge on any atom is -0.482 e. The molecule has 0 saturated heterocycles. The third-order valence-electron chi connectivity index (χ3n) is 5.25. The van der Waals surface area contributed by atoms with Gasteiger partial charge in [-0.2, -0.15) is 5.10 Å². The number of nitrogens with one attached hydrogen (secondary N) is 1. The van der Waals surface area contributed by atoms with E-state index in [0.717, 1.165) is 38.6 Å². The summed E-state index contributed by atoms with van der Waals surface area (Å²) in [4.78, 5) is 21.6. The first kappa shape index (κ1) is 20.8. The number of fused-ring (bicyclic) bond motifs is 1. The molecule has 2 aromatic heterocycles. The van der Waals surface area contributed by atoms with Gasteiger partial charge in [-0.15, -0.1) is 11.3 Å². The Morgan fingerprint density at radius 1 is 1.18 bits per heavy atom. The van der Waals surface area contributed by atoms with Crippen molar-refractivity contribution in [1.29, 1.82) is 0 Å². The molecule has 0 atom stereocenters. The molecule has 0 saturated carbocycles. The van der Waals surface area contributed by atoms with Gasteiger partial charge in [0.2, 0.25) is 4.80 Å². The Hall–Kier alpha value is -4.04. The summed E-state index contributed by atoms with van der Waals surface area (Å²) in [6, 6.07) is 17.6. The van der Waals surface area contributed by atoms with E-state index in [1.807, 2.05) is 78.5 Å². The van der Waals surface area contributed by atoms with Crippen LogP contribution >= 0.6 is 11.3 Å². The molecule has 1 aliphatic rings. The Kier molecular flexibility index (Phi) is 5.58. The van der Waals surface area contributed by atoms with E-state index < -0.39 is 0 Å². The van der Waals surface area contributed by atoms with Gasteiger partial charge in [-0.25, -0.2) is 9.67 Å². The van der Waals surface area contributed by atoms with Crippen molar-refractivity contribution in [1.82, 2.24) is 9.66 Å². The number of ether oxygens (including phenoxy) is 1. The summed E-state index contributed by atoms with van der Waals surface area (Å²) < 4.78 is 7.35. The first-order valence-corrected chi connectivity index (χ1v) is 11.3. The van der Waals surface area contributed by atoms with Crippen LogP contribution < -0.4 is 14.9 Å². The minimum absolute atomic E-state index is 0.0266. The van der Waals surface area contributed by atoms with E-state index in [2.05, 4.69) is 10.3 Å². The quantitative estimate of drug-likeness (QED) is 0.451. The third-order valence-corrected chi connectivity index (χ3v) is 6.07. The average molecular weight is 456 g/mol. The number of pyridine rings is 1. The van der Waals surface area contributed by atoms with Gasteiger partial charge in [0.15, 0.2) is 6.61 Å². The zero-order valence-electron chi connectivity index (χ0n) is 18.1. The fourth-order valence-electron chi connectivity index (χ4n) is 3.49. The van der Waals surface area contributed by atoms with E-state index >= 15 is 0 Å².